The molecule has 2 heterocycles. The molecule has 78 valence electrons. The summed E-state index contributed by atoms with van der Waals surface area (Å²) in [4.78, 5) is 14.9. The topological polar surface area (TPSA) is 51.4 Å². The van der Waals surface area contributed by atoms with Crippen molar-refractivity contribution in [3.63, 3.8) is 0 Å². The first kappa shape index (κ1) is 10.0. The lowest BCUT2D eigenvalue weighted by atomic mass is 10.5. The van der Waals surface area contributed by atoms with Gasteiger partial charge in [0.1, 0.15) is 16.4 Å². The molecule has 0 aliphatic rings. The van der Waals surface area contributed by atoms with Crippen molar-refractivity contribution in [1.82, 2.24) is 9.38 Å². The van der Waals surface area contributed by atoms with Crippen LogP contribution in [0.1, 0.15) is 17.4 Å². The van der Waals surface area contributed by atoms with Gasteiger partial charge in [-0.15, -0.1) is 0 Å². The van der Waals surface area contributed by atoms with Gasteiger partial charge in [0, 0.05) is 11.9 Å². The average Bonchev–Trinajstić information content (AvgIpc) is 2.66. The fourth-order valence-corrected chi connectivity index (χ4v) is 2.41. The Balaban J connectivity index is 2.78. The molecule has 0 aliphatic heterocycles. The number of carbonyl (C=O) groups is 1. The Morgan fingerprint density at radius 2 is 2.33 bits per heavy atom. The van der Waals surface area contributed by atoms with Gasteiger partial charge in [-0.1, -0.05) is 13.0 Å². The second kappa shape index (κ2) is 3.94. The molecular weight excluding hydrogens is 212 g/mol. The van der Waals surface area contributed by atoms with Crippen LogP contribution in [-0.4, -0.2) is 25.6 Å². The minimum absolute atomic E-state index is 0.265. The van der Waals surface area contributed by atoms with Gasteiger partial charge in [-0.3, -0.25) is 13.4 Å². The fourth-order valence-electron chi connectivity index (χ4n) is 1.43. The maximum Gasteiger partial charge on any atom is 0.171 e. The first-order valence-corrected chi connectivity index (χ1v) is 5.90. The van der Waals surface area contributed by atoms with Gasteiger partial charge >= 0.3 is 0 Å². The van der Waals surface area contributed by atoms with Crippen LogP contribution < -0.4 is 0 Å². The summed E-state index contributed by atoms with van der Waals surface area (Å²) in [5.74, 6) is 0.476. The molecule has 0 saturated carbocycles. The number of fused-ring (bicyclic) bond motifs is 1. The van der Waals surface area contributed by atoms with Crippen LogP contribution >= 0.6 is 0 Å². The summed E-state index contributed by atoms with van der Waals surface area (Å²) in [5.41, 5.74) is 0.915. The maximum atomic E-state index is 11.8. The van der Waals surface area contributed by atoms with Crippen molar-refractivity contribution < 1.29 is 9.00 Å². The Labute approximate surface area is 89.4 Å². The molecule has 15 heavy (non-hydrogen) atoms. The van der Waals surface area contributed by atoms with E-state index >= 15 is 0 Å². The van der Waals surface area contributed by atoms with E-state index in [1.807, 2.05) is 19.1 Å². The Morgan fingerprint density at radius 1 is 1.53 bits per heavy atom. The third-order valence-electron chi connectivity index (χ3n) is 2.10. The number of aldehydes is 1. The van der Waals surface area contributed by atoms with Gasteiger partial charge in [-0.05, 0) is 12.1 Å². The normalized spacial score (nSPS) is 12.9. The Hall–Kier alpha value is -1.49. The number of hydrogen-bond donors (Lipinski definition) is 0. The molecule has 0 bridgehead atoms. The van der Waals surface area contributed by atoms with E-state index in [1.165, 1.54) is 0 Å². The largest absolute Gasteiger partial charge is 0.296 e. The molecule has 0 N–H and O–H groups in total. The molecule has 1 atom stereocenters. The highest BCUT2D eigenvalue weighted by Crippen LogP contribution is 2.15. The van der Waals surface area contributed by atoms with E-state index in [9.17, 15) is 9.00 Å². The number of aromatic nitrogens is 2. The van der Waals surface area contributed by atoms with Crippen molar-refractivity contribution >= 4 is 22.7 Å². The third-order valence-corrected chi connectivity index (χ3v) is 3.46. The molecule has 0 radical (unpaired) electrons. The van der Waals surface area contributed by atoms with E-state index in [-0.39, 0.29) is 5.69 Å². The SMILES string of the molecule is CCS(=O)c1c(C=O)nc2ccccn12. The molecule has 0 aromatic carbocycles. The van der Waals surface area contributed by atoms with Gasteiger partial charge in [0.15, 0.2) is 6.29 Å². The summed E-state index contributed by atoms with van der Waals surface area (Å²) >= 11 is 0. The van der Waals surface area contributed by atoms with Crippen LogP contribution in [0, 0.1) is 0 Å². The van der Waals surface area contributed by atoms with Crippen LogP contribution in [0.5, 0.6) is 0 Å². The highest BCUT2D eigenvalue weighted by molar-refractivity contribution is 7.85. The molecular formula is C10H10N2O2S. The lowest BCUT2D eigenvalue weighted by Crippen LogP contribution is -2.01. The lowest BCUT2D eigenvalue weighted by molar-refractivity contribution is 0.111. The van der Waals surface area contributed by atoms with Crippen molar-refractivity contribution in [2.24, 2.45) is 0 Å². The van der Waals surface area contributed by atoms with Crippen LogP contribution in [0.15, 0.2) is 29.4 Å². The van der Waals surface area contributed by atoms with E-state index in [0.717, 1.165) is 0 Å². The summed E-state index contributed by atoms with van der Waals surface area (Å²) in [5, 5.41) is 0.489. The third kappa shape index (κ3) is 1.59. The standard InChI is InChI=1S/C10H10N2O2S/c1-2-15(14)10-8(7-13)11-9-5-3-4-6-12(9)10/h3-7H,2H2,1H3. The summed E-state index contributed by atoms with van der Waals surface area (Å²) in [7, 11) is -1.18. The van der Waals surface area contributed by atoms with E-state index in [2.05, 4.69) is 4.98 Å². The molecule has 5 heteroatoms. The number of hydrogen-bond acceptors (Lipinski definition) is 3. The average molecular weight is 222 g/mol. The number of pyridine rings is 1. The van der Waals surface area contributed by atoms with Crippen molar-refractivity contribution in [2.45, 2.75) is 11.9 Å². The summed E-state index contributed by atoms with van der Waals surface area (Å²) in [6.07, 6.45) is 2.41. The number of nitrogens with zero attached hydrogens (tertiary/aromatic N) is 2. The Morgan fingerprint density at radius 3 is 3.00 bits per heavy atom. The van der Waals surface area contributed by atoms with E-state index < -0.39 is 10.8 Å². The predicted octanol–water partition coefficient (Wildman–Crippen LogP) is 1.27. The molecule has 0 fully saturated rings. The molecule has 0 aliphatic carbocycles. The summed E-state index contributed by atoms with van der Waals surface area (Å²) in [6.45, 7) is 1.81. The van der Waals surface area contributed by atoms with Crippen molar-refractivity contribution in [3.05, 3.63) is 30.1 Å². The molecule has 1 unspecified atom stereocenters. The zero-order valence-electron chi connectivity index (χ0n) is 8.21. The molecule has 0 amide bonds. The van der Waals surface area contributed by atoms with Gasteiger partial charge < -0.3 is 0 Å². The maximum absolute atomic E-state index is 11.8. The smallest absolute Gasteiger partial charge is 0.171 e. The van der Waals surface area contributed by atoms with Gasteiger partial charge in [-0.25, -0.2) is 4.98 Å². The molecule has 0 spiro atoms. The first-order valence-electron chi connectivity index (χ1n) is 4.58. The van der Waals surface area contributed by atoms with E-state index in [0.29, 0.717) is 22.7 Å². The predicted molar refractivity (Wildman–Crippen MR) is 57.5 cm³/mol. The van der Waals surface area contributed by atoms with E-state index in [1.54, 1.807) is 16.7 Å². The molecule has 4 nitrogen and oxygen atoms in total. The minimum Gasteiger partial charge on any atom is -0.296 e. The number of rotatable bonds is 3. The van der Waals surface area contributed by atoms with E-state index in [4.69, 9.17) is 0 Å². The van der Waals surface area contributed by atoms with Crippen LogP contribution in [0.2, 0.25) is 0 Å². The van der Waals surface area contributed by atoms with Gasteiger partial charge in [-0.2, -0.15) is 0 Å². The monoisotopic (exact) mass is 222 g/mol. The summed E-state index contributed by atoms with van der Waals surface area (Å²) < 4.78 is 13.5. The molecule has 0 saturated heterocycles. The van der Waals surface area contributed by atoms with Crippen LogP contribution in [0.3, 0.4) is 0 Å². The second-order valence-corrected chi connectivity index (χ2v) is 4.64. The Bertz CT molecular complexity index is 533. The van der Waals surface area contributed by atoms with Crippen LogP contribution in [0.25, 0.3) is 5.65 Å². The lowest BCUT2D eigenvalue weighted by Gasteiger charge is -1.99. The van der Waals surface area contributed by atoms with Crippen LogP contribution in [0.4, 0.5) is 0 Å². The second-order valence-electron chi connectivity index (χ2n) is 2.98. The van der Waals surface area contributed by atoms with Gasteiger partial charge in [0.25, 0.3) is 0 Å². The zero-order chi connectivity index (χ0) is 10.8. The van der Waals surface area contributed by atoms with Gasteiger partial charge in [0.2, 0.25) is 0 Å². The van der Waals surface area contributed by atoms with Crippen molar-refractivity contribution in [2.75, 3.05) is 5.75 Å². The van der Waals surface area contributed by atoms with Crippen LogP contribution in [-0.2, 0) is 10.8 Å². The first-order chi connectivity index (χ1) is 7.27. The minimum atomic E-state index is -1.18. The number of carbonyl (C=O) groups excluding carboxylic acids is 1. The molecule has 2 aromatic heterocycles. The van der Waals surface area contributed by atoms with Gasteiger partial charge in [0.05, 0.1) is 10.8 Å². The quantitative estimate of drug-likeness (QED) is 0.735. The number of imidazole rings is 1. The van der Waals surface area contributed by atoms with Crippen molar-refractivity contribution in [1.29, 1.82) is 0 Å². The Kier molecular flexibility index (Phi) is 2.64. The highest BCUT2D eigenvalue weighted by Gasteiger charge is 2.15. The van der Waals surface area contributed by atoms with Crippen molar-refractivity contribution in [3.8, 4) is 0 Å². The molecule has 2 aromatic rings. The summed E-state index contributed by atoms with van der Waals surface area (Å²) in [6, 6.07) is 5.43. The zero-order valence-corrected chi connectivity index (χ0v) is 9.03. The molecule has 2 rings (SSSR count). The fraction of sp³-hybridized carbons (Fsp3) is 0.200. The highest BCUT2D eigenvalue weighted by atomic mass is 32.2.